The van der Waals surface area contributed by atoms with E-state index in [0.29, 0.717) is 0 Å². The van der Waals surface area contributed by atoms with Crippen LogP contribution in [-0.4, -0.2) is 34.6 Å². The van der Waals surface area contributed by atoms with E-state index in [0.717, 1.165) is 31.4 Å². The largest absolute Gasteiger partial charge is 0.476 e. The van der Waals surface area contributed by atoms with Gasteiger partial charge in [0, 0.05) is 23.8 Å². The third-order valence-electron chi connectivity index (χ3n) is 6.05. The molecule has 2 N–H and O–H groups in total. The van der Waals surface area contributed by atoms with Crippen molar-refractivity contribution in [3.63, 3.8) is 0 Å². The lowest BCUT2D eigenvalue weighted by atomic mass is 10.0. The second-order valence-corrected chi connectivity index (χ2v) is 8.79. The van der Waals surface area contributed by atoms with Gasteiger partial charge < -0.3 is 20.3 Å². The van der Waals surface area contributed by atoms with Crippen LogP contribution in [0, 0.1) is 11.6 Å². The summed E-state index contributed by atoms with van der Waals surface area (Å²) in [5.41, 5.74) is 3.61. The highest BCUT2D eigenvalue weighted by atomic mass is 19.1. The lowest BCUT2D eigenvalue weighted by Crippen LogP contribution is -2.48. The number of rotatable bonds is 4. The van der Waals surface area contributed by atoms with E-state index in [2.05, 4.69) is 26.7 Å². The smallest absolute Gasteiger partial charge is 0.268 e. The van der Waals surface area contributed by atoms with Crippen molar-refractivity contribution in [2.45, 2.75) is 45.9 Å². The normalized spacial score (nSPS) is 17.3. The average Bonchev–Trinajstić information content (AvgIpc) is 2.81. The number of nitrogens with one attached hydrogen (secondary N) is 2. The van der Waals surface area contributed by atoms with Crippen LogP contribution in [0.1, 0.15) is 31.9 Å². The van der Waals surface area contributed by atoms with Gasteiger partial charge in [-0.2, -0.15) is 0 Å². The second kappa shape index (κ2) is 8.64. The van der Waals surface area contributed by atoms with Gasteiger partial charge in [-0.3, -0.25) is 4.79 Å². The molecule has 1 amide bonds. The van der Waals surface area contributed by atoms with Crippen LogP contribution in [0.5, 0.6) is 5.75 Å². The zero-order valence-corrected chi connectivity index (χ0v) is 19.2. The number of amides is 1. The van der Waals surface area contributed by atoms with Gasteiger partial charge in [-0.25, -0.2) is 18.7 Å². The maximum Gasteiger partial charge on any atom is 0.268 e. The zero-order valence-electron chi connectivity index (χ0n) is 19.2. The van der Waals surface area contributed by atoms with Crippen molar-refractivity contribution < 1.29 is 18.3 Å². The summed E-state index contributed by atoms with van der Waals surface area (Å²) in [6.07, 6.45) is 1.20. The fourth-order valence-corrected chi connectivity index (χ4v) is 4.40. The van der Waals surface area contributed by atoms with Gasteiger partial charge in [0.05, 0.1) is 11.9 Å². The summed E-state index contributed by atoms with van der Waals surface area (Å²) < 4.78 is 35.3. The monoisotopic (exact) mass is 465 g/mol. The first-order valence-electron chi connectivity index (χ1n) is 11.3. The number of nitrogens with zero attached hydrogens (tertiary/aromatic N) is 3. The van der Waals surface area contributed by atoms with E-state index >= 15 is 4.39 Å². The van der Waals surface area contributed by atoms with E-state index in [-0.39, 0.29) is 40.6 Å². The lowest BCUT2D eigenvalue weighted by molar-refractivity contribution is -0.126. The number of carbonyl (C=O) groups excluding carboxylic acids is 1. The fourth-order valence-electron chi connectivity index (χ4n) is 4.40. The minimum atomic E-state index is -0.811. The number of benzene rings is 2. The summed E-state index contributed by atoms with van der Waals surface area (Å²) in [7, 11) is 0. The third kappa shape index (κ3) is 3.96. The number of hydrogen-bond donors (Lipinski definition) is 2. The lowest BCUT2D eigenvalue weighted by Gasteiger charge is -2.36. The van der Waals surface area contributed by atoms with Crippen LogP contribution >= 0.6 is 0 Å². The van der Waals surface area contributed by atoms with Gasteiger partial charge in [-0.05, 0) is 69.1 Å². The van der Waals surface area contributed by atoms with Gasteiger partial charge >= 0.3 is 0 Å². The Morgan fingerprint density at radius 3 is 2.79 bits per heavy atom. The number of aromatic nitrogens is 2. The van der Waals surface area contributed by atoms with E-state index in [1.807, 2.05) is 26.0 Å². The number of hydrogen-bond acceptors (Lipinski definition) is 6. The molecule has 7 nitrogen and oxygen atoms in total. The highest BCUT2D eigenvalue weighted by Crippen LogP contribution is 2.41. The summed E-state index contributed by atoms with van der Waals surface area (Å²) in [5, 5.41) is 6.44. The van der Waals surface area contributed by atoms with Crippen LogP contribution in [-0.2, 0) is 17.8 Å². The van der Waals surface area contributed by atoms with Gasteiger partial charge in [-0.15, -0.1) is 0 Å². The van der Waals surface area contributed by atoms with Crippen LogP contribution in [0.4, 0.5) is 26.1 Å². The minimum absolute atomic E-state index is 0.0277. The Morgan fingerprint density at radius 2 is 2.00 bits per heavy atom. The predicted molar refractivity (Wildman–Crippen MR) is 125 cm³/mol. The molecular formula is C25H25F2N5O2. The molecule has 2 aliphatic heterocycles. The molecule has 1 aromatic heterocycles. The molecule has 34 heavy (non-hydrogen) atoms. The second-order valence-electron chi connectivity index (χ2n) is 8.79. The maximum atomic E-state index is 15.0. The number of ether oxygens (including phenoxy) is 1. The van der Waals surface area contributed by atoms with Crippen LogP contribution < -0.4 is 20.3 Å². The predicted octanol–water partition coefficient (Wildman–Crippen LogP) is 4.33. The van der Waals surface area contributed by atoms with Crippen molar-refractivity contribution in [2.75, 3.05) is 16.8 Å². The third-order valence-corrected chi connectivity index (χ3v) is 6.05. The molecule has 9 heteroatoms. The molecule has 0 saturated carbocycles. The highest BCUT2D eigenvalue weighted by molar-refractivity contribution is 6.01. The van der Waals surface area contributed by atoms with E-state index in [1.54, 1.807) is 6.92 Å². The Hall–Kier alpha value is -3.59. The molecule has 0 spiro atoms. The summed E-state index contributed by atoms with van der Waals surface area (Å²) in [5.74, 6) is -1.52. The van der Waals surface area contributed by atoms with E-state index < -0.39 is 17.7 Å². The van der Waals surface area contributed by atoms with Crippen LogP contribution in [0.2, 0.25) is 0 Å². The molecule has 176 valence electrons. The molecule has 5 rings (SSSR count). The zero-order chi connectivity index (χ0) is 24.0. The SMILES string of the molecule is CC1Oc2c(F)cc(-c3nc(Nc4ccc5c(c4)CNCC5)ncc3F)cc2N(C(C)C)C1=O. The molecule has 0 fully saturated rings. The van der Waals surface area contributed by atoms with Crippen LogP contribution in [0.3, 0.4) is 0 Å². The highest BCUT2D eigenvalue weighted by Gasteiger charge is 2.35. The summed E-state index contributed by atoms with van der Waals surface area (Å²) in [4.78, 5) is 22.5. The van der Waals surface area contributed by atoms with Gasteiger partial charge in [0.15, 0.2) is 23.5 Å². The quantitative estimate of drug-likeness (QED) is 0.597. The van der Waals surface area contributed by atoms with E-state index in [4.69, 9.17) is 4.74 Å². The summed E-state index contributed by atoms with van der Waals surface area (Å²) in [6, 6.07) is 8.46. The first-order chi connectivity index (χ1) is 16.3. The minimum Gasteiger partial charge on any atom is -0.476 e. The molecule has 1 atom stereocenters. The maximum absolute atomic E-state index is 15.0. The summed E-state index contributed by atoms with van der Waals surface area (Å²) in [6.45, 7) is 6.95. The molecular weight excluding hydrogens is 440 g/mol. The Balaban J connectivity index is 1.52. The van der Waals surface area contributed by atoms with E-state index in [9.17, 15) is 9.18 Å². The molecule has 3 heterocycles. The van der Waals surface area contributed by atoms with Gasteiger partial charge in [-0.1, -0.05) is 6.07 Å². The fraction of sp³-hybridized carbons (Fsp3) is 0.320. The molecule has 2 aromatic carbocycles. The Kier molecular flexibility index (Phi) is 5.65. The summed E-state index contributed by atoms with van der Waals surface area (Å²) >= 11 is 0. The number of halogens is 2. The van der Waals surface area contributed by atoms with Crippen molar-refractivity contribution in [1.82, 2.24) is 15.3 Å². The van der Waals surface area contributed by atoms with Crippen molar-refractivity contribution in [2.24, 2.45) is 0 Å². The molecule has 3 aromatic rings. The Morgan fingerprint density at radius 1 is 1.18 bits per heavy atom. The number of carbonyl (C=O) groups is 1. The van der Waals surface area contributed by atoms with Crippen LogP contribution in [0.15, 0.2) is 36.5 Å². The van der Waals surface area contributed by atoms with E-state index in [1.165, 1.54) is 28.2 Å². The average molecular weight is 466 g/mol. The first-order valence-corrected chi connectivity index (χ1v) is 11.3. The molecule has 0 radical (unpaired) electrons. The van der Waals surface area contributed by atoms with Crippen molar-refractivity contribution in [1.29, 1.82) is 0 Å². The van der Waals surface area contributed by atoms with Crippen molar-refractivity contribution in [3.8, 4) is 17.0 Å². The van der Waals surface area contributed by atoms with Gasteiger partial charge in [0.2, 0.25) is 5.95 Å². The molecule has 0 saturated heterocycles. The molecule has 2 aliphatic rings. The van der Waals surface area contributed by atoms with Crippen molar-refractivity contribution in [3.05, 3.63) is 59.3 Å². The Bertz CT molecular complexity index is 1280. The Labute approximate surface area is 196 Å². The molecule has 1 unspecified atom stereocenters. The number of anilines is 3. The van der Waals surface area contributed by atoms with Crippen LogP contribution in [0.25, 0.3) is 11.3 Å². The first kappa shape index (κ1) is 22.2. The van der Waals surface area contributed by atoms with Gasteiger partial charge in [0.1, 0.15) is 5.69 Å². The van der Waals surface area contributed by atoms with Crippen molar-refractivity contribution >= 4 is 23.2 Å². The molecule has 0 aliphatic carbocycles. The number of fused-ring (bicyclic) bond motifs is 2. The topological polar surface area (TPSA) is 79.4 Å². The standard InChI is InChI=1S/C25H25F2N5O2/c1-13(2)32-21-10-16(9-19(26)23(21)34-14(3)24(32)33)22-20(27)12-29-25(31-22)30-18-5-4-15-6-7-28-11-17(15)8-18/h4-5,8-10,12-14,28H,6-7,11H2,1-3H3,(H,29,30,31). The molecule has 0 bridgehead atoms. The van der Waals surface area contributed by atoms with Gasteiger partial charge in [0.25, 0.3) is 5.91 Å².